The summed E-state index contributed by atoms with van der Waals surface area (Å²) in [5.41, 5.74) is 4.86. The van der Waals surface area contributed by atoms with Crippen molar-refractivity contribution in [2.45, 2.75) is 25.7 Å². The van der Waals surface area contributed by atoms with E-state index in [0.29, 0.717) is 11.5 Å². The first-order chi connectivity index (χ1) is 14.6. The number of fused-ring (bicyclic) bond motifs is 2. The molecule has 152 valence electrons. The van der Waals surface area contributed by atoms with Crippen LogP contribution in [0.25, 0.3) is 21.8 Å². The minimum Gasteiger partial charge on any atom is -0.497 e. The molecule has 5 nitrogen and oxygen atoms in total. The fourth-order valence-electron chi connectivity index (χ4n) is 4.58. The normalized spacial score (nSPS) is 15.1. The van der Waals surface area contributed by atoms with Gasteiger partial charge in [-0.25, -0.2) is 0 Å². The summed E-state index contributed by atoms with van der Waals surface area (Å²) in [4.78, 5) is 23.3. The van der Waals surface area contributed by atoms with Gasteiger partial charge in [-0.3, -0.25) is 9.78 Å². The number of nitrogens with one attached hydrogen (secondary N) is 1. The van der Waals surface area contributed by atoms with Gasteiger partial charge in [0.2, 0.25) is 0 Å². The summed E-state index contributed by atoms with van der Waals surface area (Å²) in [6.07, 6.45) is 4.09. The zero-order valence-corrected chi connectivity index (χ0v) is 17.3. The number of aromatic amines is 1. The number of methoxy groups -OCH3 is 1. The Hall–Kier alpha value is -3.34. The van der Waals surface area contributed by atoms with Crippen LogP contribution >= 0.6 is 0 Å². The van der Waals surface area contributed by atoms with Crippen LogP contribution in [0.3, 0.4) is 0 Å². The number of carbonyl (C=O) groups is 1. The van der Waals surface area contributed by atoms with E-state index >= 15 is 0 Å². The maximum atomic E-state index is 13.2. The van der Waals surface area contributed by atoms with Gasteiger partial charge in [-0.1, -0.05) is 18.2 Å². The minimum absolute atomic E-state index is 0.0788. The van der Waals surface area contributed by atoms with E-state index in [9.17, 15) is 4.79 Å². The Bertz CT molecular complexity index is 1240. The van der Waals surface area contributed by atoms with E-state index in [1.165, 1.54) is 16.5 Å². The Morgan fingerprint density at radius 3 is 2.73 bits per heavy atom. The average Bonchev–Trinajstić information content (AvgIpc) is 3.22. The maximum absolute atomic E-state index is 13.2. The van der Waals surface area contributed by atoms with Crippen molar-refractivity contribution in [1.29, 1.82) is 0 Å². The van der Waals surface area contributed by atoms with Gasteiger partial charge in [-0.2, -0.15) is 0 Å². The molecule has 0 atom stereocenters. The summed E-state index contributed by atoms with van der Waals surface area (Å²) < 4.78 is 5.29. The van der Waals surface area contributed by atoms with Crippen molar-refractivity contribution in [3.63, 3.8) is 0 Å². The number of carbonyl (C=O) groups excluding carboxylic acids is 1. The van der Waals surface area contributed by atoms with Gasteiger partial charge in [0.05, 0.1) is 23.9 Å². The smallest absolute Gasteiger partial charge is 0.255 e. The number of aromatic nitrogens is 2. The van der Waals surface area contributed by atoms with E-state index in [0.717, 1.165) is 48.3 Å². The number of rotatable bonds is 3. The molecule has 1 aliphatic heterocycles. The van der Waals surface area contributed by atoms with Crippen LogP contribution in [0, 0.1) is 6.92 Å². The van der Waals surface area contributed by atoms with Crippen molar-refractivity contribution in [2.24, 2.45) is 0 Å². The van der Waals surface area contributed by atoms with Crippen LogP contribution in [-0.2, 0) is 0 Å². The fraction of sp³-hybridized carbons (Fsp3) is 0.280. The minimum atomic E-state index is 0.0788. The highest BCUT2D eigenvalue weighted by atomic mass is 16.5. The molecule has 4 aromatic rings. The van der Waals surface area contributed by atoms with Crippen LogP contribution < -0.4 is 4.74 Å². The molecule has 0 saturated carbocycles. The van der Waals surface area contributed by atoms with Gasteiger partial charge in [0.15, 0.2) is 0 Å². The molecule has 1 saturated heterocycles. The van der Waals surface area contributed by atoms with Crippen LogP contribution in [0.2, 0.25) is 0 Å². The summed E-state index contributed by atoms with van der Waals surface area (Å²) >= 11 is 0. The van der Waals surface area contributed by atoms with Crippen molar-refractivity contribution < 1.29 is 9.53 Å². The monoisotopic (exact) mass is 399 g/mol. The van der Waals surface area contributed by atoms with Gasteiger partial charge in [-0.15, -0.1) is 0 Å². The molecule has 3 heterocycles. The number of likely N-dealkylation sites (tertiary alicyclic amines) is 1. The molecule has 1 amide bonds. The Labute approximate surface area is 175 Å². The number of ether oxygens (including phenoxy) is 1. The lowest BCUT2D eigenvalue weighted by molar-refractivity contribution is 0.0712. The third-order valence-corrected chi connectivity index (χ3v) is 6.29. The predicted molar refractivity (Wildman–Crippen MR) is 119 cm³/mol. The highest BCUT2D eigenvalue weighted by Crippen LogP contribution is 2.33. The fourth-order valence-corrected chi connectivity index (χ4v) is 4.58. The SMILES string of the molecule is COc1ccc2cc(C(=O)N3CCC(c4c[nH]c5ccccc45)CC3)c(C)nc2c1. The molecule has 0 bridgehead atoms. The molecule has 0 spiro atoms. The van der Waals surface area contributed by atoms with Crippen LogP contribution in [-0.4, -0.2) is 41.0 Å². The van der Waals surface area contributed by atoms with Gasteiger partial charge < -0.3 is 14.6 Å². The molecule has 0 unspecified atom stereocenters. The lowest BCUT2D eigenvalue weighted by Gasteiger charge is -2.32. The highest BCUT2D eigenvalue weighted by Gasteiger charge is 2.27. The summed E-state index contributed by atoms with van der Waals surface area (Å²) in [5, 5.41) is 2.26. The molecule has 0 radical (unpaired) electrons. The number of aryl methyl sites for hydroxylation is 1. The molecule has 1 N–H and O–H groups in total. The van der Waals surface area contributed by atoms with Crippen LogP contribution in [0.1, 0.15) is 40.4 Å². The molecule has 5 rings (SSSR count). The zero-order chi connectivity index (χ0) is 20.7. The molecule has 30 heavy (non-hydrogen) atoms. The third kappa shape index (κ3) is 3.20. The first-order valence-corrected chi connectivity index (χ1v) is 10.4. The molecule has 2 aromatic carbocycles. The van der Waals surface area contributed by atoms with Crippen molar-refractivity contribution in [3.05, 3.63) is 71.5 Å². The van der Waals surface area contributed by atoms with Crippen molar-refractivity contribution in [3.8, 4) is 5.75 Å². The average molecular weight is 399 g/mol. The van der Waals surface area contributed by atoms with Gasteiger partial charge >= 0.3 is 0 Å². The lowest BCUT2D eigenvalue weighted by atomic mass is 9.89. The second kappa shape index (κ2) is 7.48. The number of amides is 1. The molecule has 0 aliphatic carbocycles. The molecular weight excluding hydrogens is 374 g/mol. The molecular formula is C25H25N3O2. The van der Waals surface area contributed by atoms with E-state index in [4.69, 9.17) is 4.74 Å². The molecule has 1 fully saturated rings. The number of benzene rings is 2. The lowest BCUT2D eigenvalue weighted by Crippen LogP contribution is -2.38. The number of pyridine rings is 1. The standard InChI is InChI=1S/C25H25N3O2/c1-16-21(13-18-7-8-19(30-2)14-24(18)27-16)25(29)28-11-9-17(10-12-28)22-15-26-23-6-4-3-5-20(22)23/h3-8,13-15,17,26H,9-12H2,1-2H3. The molecule has 5 heteroatoms. The van der Waals surface area contributed by atoms with Crippen molar-refractivity contribution >= 4 is 27.7 Å². The van der Waals surface area contributed by atoms with E-state index in [1.807, 2.05) is 36.1 Å². The molecule has 2 aromatic heterocycles. The van der Waals surface area contributed by atoms with E-state index in [-0.39, 0.29) is 5.91 Å². The number of hydrogen-bond donors (Lipinski definition) is 1. The summed E-state index contributed by atoms with van der Waals surface area (Å²) in [5.74, 6) is 1.33. The van der Waals surface area contributed by atoms with Crippen LogP contribution in [0.15, 0.2) is 54.7 Å². The Morgan fingerprint density at radius 1 is 1.13 bits per heavy atom. The number of nitrogens with zero attached hydrogens (tertiary/aromatic N) is 2. The number of H-pyrrole nitrogens is 1. The van der Waals surface area contributed by atoms with Crippen LogP contribution in [0.5, 0.6) is 5.75 Å². The summed E-state index contributed by atoms with van der Waals surface area (Å²) in [7, 11) is 1.64. The quantitative estimate of drug-likeness (QED) is 0.524. The first-order valence-electron chi connectivity index (χ1n) is 10.4. The summed E-state index contributed by atoms with van der Waals surface area (Å²) in [6, 6.07) is 16.2. The van der Waals surface area contributed by atoms with Crippen molar-refractivity contribution in [1.82, 2.24) is 14.9 Å². The van der Waals surface area contributed by atoms with Gasteiger partial charge in [0, 0.05) is 41.6 Å². The second-order valence-corrected chi connectivity index (χ2v) is 8.04. The van der Waals surface area contributed by atoms with Gasteiger partial charge in [0.25, 0.3) is 5.91 Å². The van der Waals surface area contributed by atoms with Gasteiger partial charge in [-0.05, 0) is 55.5 Å². The number of hydrogen-bond acceptors (Lipinski definition) is 3. The molecule has 1 aliphatic rings. The van der Waals surface area contributed by atoms with Crippen LogP contribution in [0.4, 0.5) is 0 Å². The Balaban J connectivity index is 1.35. The second-order valence-electron chi connectivity index (χ2n) is 8.04. The maximum Gasteiger partial charge on any atom is 0.255 e. The number of piperidine rings is 1. The first kappa shape index (κ1) is 18.7. The zero-order valence-electron chi connectivity index (χ0n) is 17.3. The Kier molecular flexibility index (Phi) is 4.66. The number of para-hydroxylation sites is 1. The van der Waals surface area contributed by atoms with E-state index < -0.39 is 0 Å². The van der Waals surface area contributed by atoms with E-state index in [1.54, 1.807) is 7.11 Å². The predicted octanol–water partition coefficient (Wildman–Crippen LogP) is 5.05. The Morgan fingerprint density at radius 2 is 1.93 bits per heavy atom. The topological polar surface area (TPSA) is 58.2 Å². The third-order valence-electron chi connectivity index (χ3n) is 6.29. The largest absolute Gasteiger partial charge is 0.497 e. The van der Waals surface area contributed by atoms with Crippen molar-refractivity contribution in [2.75, 3.05) is 20.2 Å². The summed E-state index contributed by atoms with van der Waals surface area (Å²) in [6.45, 7) is 3.44. The highest BCUT2D eigenvalue weighted by molar-refractivity contribution is 5.99. The van der Waals surface area contributed by atoms with E-state index in [2.05, 4.69) is 40.4 Å². The van der Waals surface area contributed by atoms with Gasteiger partial charge in [0.1, 0.15) is 5.75 Å².